The van der Waals surface area contributed by atoms with Crippen molar-refractivity contribution in [2.45, 2.75) is 12.8 Å². The molecule has 2 unspecified atom stereocenters. The van der Waals surface area contributed by atoms with Crippen molar-refractivity contribution in [3.63, 3.8) is 0 Å². The number of aliphatic carboxylic acids is 1. The van der Waals surface area contributed by atoms with Crippen LogP contribution in [0.5, 0.6) is 0 Å². The third-order valence-electron chi connectivity index (χ3n) is 4.47. The molecule has 0 bridgehead atoms. The predicted molar refractivity (Wildman–Crippen MR) is 74.3 cm³/mol. The van der Waals surface area contributed by atoms with Gasteiger partial charge in [-0.25, -0.2) is 4.39 Å². The van der Waals surface area contributed by atoms with E-state index < -0.39 is 17.2 Å². The second kappa shape index (κ2) is 5.11. The van der Waals surface area contributed by atoms with Gasteiger partial charge in [0.05, 0.1) is 17.6 Å². The first-order chi connectivity index (χ1) is 10.0. The second-order valence-corrected chi connectivity index (χ2v) is 5.89. The number of likely N-dealkylation sites (tertiary alicyclic amines) is 1. The molecule has 21 heavy (non-hydrogen) atoms. The van der Waals surface area contributed by atoms with Crippen LogP contribution in [0.2, 0.25) is 0 Å². The van der Waals surface area contributed by atoms with Gasteiger partial charge in [0.25, 0.3) is 0 Å². The summed E-state index contributed by atoms with van der Waals surface area (Å²) >= 11 is 0. The van der Waals surface area contributed by atoms with Crippen molar-refractivity contribution in [1.82, 2.24) is 4.90 Å². The first kappa shape index (κ1) is 14.0. The summed E-state index contributed by atoms with van der Waals surface area (Å²) in [6.07, 6.45) is 1.51. The number of nitrogens with one attached hydrogen (secondary N) is 1. The lowest BCUT2D eigenvalue weighted by atomic mass is 9.97. The number of piperidine rings is 1. The van der Waals surface area contributed by atoms with Crippen molar-refractivity contribution >= 4 is 17.6 Å². The molecular formula is C15H17FN2O3. The number of hydrogen-bond acceptors (Lipinski definition) is 3. The highest BCUT2D eigenvalue weighted by atomic mass is 19.1. The minimum Gasteiger partial charge on any atom is -0.481 e. The predicted octanol–water partition coefficient (Wildman–Crippen LogP) is 1.56. The summed E-state index contributed by atoms with van der Waals surface area (Å²) in [6.45, 7) is 1.21. The van der Waals surface area contributed by atoms with Gasteiger partial charge in [-0.15, -0.1) is 0 Å². The molecule has 1 saturated carbocycles. The molecule has 2 atom stereocenters. The maximum absolute atomic E-state index is 13.5. The van der Waals surface area contributed by atoms with Gasteiger partial charge in [0, 0.05) is 6.54 Å². The summed E-state index contributed by atoms with van der Waals surface area (Å²) in [5, 5.41) is 11.8. The van der Waals surface area contributed by atoms with E-state index >= 15 is 0 Å². The average molecular weight is 292 g/mol. The smallest absolute Gasteiger partial charge is 0.311 e. The highest BCUT2D eigenvalue weighted by Crippen LogP contribution is 2.57. The molecular weight excluding hydrogens is 275 g/mol. The Labute approximate surface area is 121 Å². The molecule has 1 aliphatic carbocycles. The number of fused-ring (bicyclic) bond motifs is 1. The van der Waals surface area contributed by atoms with Crippen LogP contribution in [0.4, 0.5) is 10.1 Å². The Bertz CT molecular complexity index is 592. The van der Waals surface area contributed by atoms with E-state index in [-0.39, 0.29) is 24.1 Å². The van der Waals surface area contributed by atoms with Crippen LogP contribution in [0, 0.1) is 17.2 Å². The van der Waals surface area contributed by atoms with Gasteiger partial charge in [0.2, 0.25) is 5.91 Å². The average Bonchev–Trinajstić information content (AvgIpc) is 3.16. The molecule has 6 heteroatoms. The molecule has 1 amide bonds. The van der Waals surface area contributed by atoms with E-state index in [9.17, 15) is 19.1 Å². The Hall–Kier alpha value is -1.95. The van der Waals surface area contributed by atoms with Gasteiger partial charge in [-0.1, -0.05) is 12.1 Å². The van der Waals surface area contributed by atoms with Crippen LogP contribution in [0.15, 0.2) is 24.3 Å². The lowest BCUT2D eigenvalue weighted by Gasteiger charge is -2.29. The molecule has 2 fully saturated rings. The van der Waals surface area contributed by atoms with Crippen LogP contribution in [0.25, 0.3) is 0 Å². The lowest BCUT2D eigenvalue weighted by Crippen LogP contribution is -2.44. The van der Waals surface area contributed by atoms with Crippen LogP contribution in [0.3, 0.4) is 0 Å². The van der Waals surface area contributed by atoms with Crippen molar-refractivity contribution in [3.05, 3.63) is 30.1 Å². The van der Waals surface area contributed by atoms with E-state index in [1.54, 1.807) is 12.1 Å². The molecule has 0 aromatic heterocycles. The lowest BCUT2D eigenvalue weighted by molar-refractivity contribution is -0.146. The van der Waals surface area contributed by atoms with Crippen molar-refractivity contribution < 1.29 is 19.1 Å². The fraction of sp³-hybridized carbons (Fsp3) is 0.467. The summed E-state index contributed by atoms with van der Waals surface area (Å²) in [6, 6.07) is 5.98. The Kier molecular flexibility index (Phi) is 3.41. The van der Waals surface area contributed by atoms with Gasteiger partial charge in [-0.2, -0.15) is 0 Å². The number of para-hydroxylation sites is 1. The molecule has 1 aromatic carbocycles. The number of benzene rings is 1. The summed E-state index contributed by atoms with van der Waals surface area (Å²) in [4.78, 5) is 25.1. The Balaban J connectivity index is 1.58. The highest BCUT2D eigenvalue weighted by molar-refractivity contribution is 5.92. The van der Waals surface area contributed by atoms with Crippen LogP contribution >= 0.6 is 0 Å². The van der Waals surface area contributed by atoms with E-state index in [4.69, 9.17) is 0 Å². The molecule has 2 N–H and O–H groups in total. The summed E-state index contributed by atoms with van der Waals surface area (Å²) < 4.78 is 13.5. The normalized spacial score (nSPS) is 27.8. The second-order valence-electron chi connectivity index (χ2n) is 5.89. The van der Waals surface area contributed by atoms with Crippen molar-refractivity contribution in [3.8, 4) is 0 Å². The van der Waals surface area contributed by atoms with Crippen LogP contribution in [-0.4, -0.2) is 41.5 Å². The molecule has 1 heterocycles. The number of carboxylic acid groups (broad SMARTS) is 1. The number of carbonyl (C=O) groups excluding carboxylic acids is 1. The van der Waals surface area contributed by atoms with Crippen LogP contribution in [-0.2, 0) is 9.59 Å². The van der Waals surface area contributed by atoms with E-state index in [0.717, 1.165) is 6.42 Å². The number of carboxylic acids is 1. The Morgan fingerprint density at radius 2 is 2.19 bits per heavy atom. The Morgan fingerprint density at radius 3 is 2.90 bits per heavy atom. The zero-order valence-corrected chi connectivity index (χ0v) is 11.5. The minimum absolute atomic E-state index is 0.0933. The number of carbonyl (C=O) groups is 2. The maximum Gasteiger partial charge on any atom is 0.311 e. The molecule has 112 valence electrons. The van der Waals surface area contributed by atoms with E-state index in [1.165, 1.54) is 12.1 Å². The fourth-order valence-corrected chi connectivity index (χ4v) is 3.19. The van der Waals surface area contributed by atoms with Gasteiger partial charge in [-0.3, -0.25) is 14.5 Å². The van der Waals surface area contributed by atoms with Gasteiger partial charge in [0.1, 0.15) is 5.82 Å². The minimum atomic E-state index is -0.772. The van der Waals surface area contributed by atoms with Gasteiger partial charge in [-0.05, 0) is 37.4 Å². The molecule has 1 aliphatic heterocycles. The third-order valence-corrected chi connectivity index (χ3v) is 4.47. The van der Waals surface area contributed by atoms with Crippen molar-refractivity contribution in [2.24, 2.45) is 11.3 Å². The molecule has 3 rings (SSSR count). The number of hydrogen-bond donors (Lipinski definition) is 2. The summed E-state index contributed by atoms with van der Waals surface area (Å²) in [7, 11) is 0. The quantitative estimate of drug-likeness (QED) is 0.883. The highest BCUT2D eigenvalue weighted by Gasteiger charge is 2.62. The van der Waals surface area contributed by atoms with Crippen molar-refractivity contribution in [1.29, 1.82) is 0 Å². The van der Waals surface area contributed by atoms with Crippen molar-refractivity contribution in [2.75, 3.05) is 25.0 Å². The number of amides is 1. The monoisotopic (exact) mass is 292 g/mol. The summed E-state index contributed by atoms with van der Waals surface area (Å²) in [5.74, 6) is -1.32. The third kappa shape index (κ3) is 2.63. The van der Waals surface area contributed by atoms with Gasteiger partial charge < -0.3 is 10.4 Å². The van der Waals surface area contributed by atoms with Crippen LogP contribution < -0.4 is 5.32 Å². The van der Waals surface area contributed by atoms with Gasteiger partial charge >= 0.3 is 5.97 Å². The van der Waals surface area contributed by atoms with E-state index in [2.05, 4.69) is 5.32 Å². The summed E-state index contributed by atoms with van der Waals surface area (Å²) in [5.41, 5.74) is -0.506. The number of rotatable bonds is 4. The van der Waals surface area contributed by atoms with E-state index in [0.29, 0.717) is 19.5 Å². The van der Waals surface area contributed by atoms with Gasteiger partial charge in [0.15, 0.2) is 0 Å². The number of nitrogens with zero attached hydrogens (tertiary/aromatic N) is 1. The molecule has 0 radical (unpaired) electrons. The first-order valence-corrected chi connectivity index (χ1v) is 7.01. The molecule has 5 nitrogen and oxygen atoms in total. The standard InChI is InChI=1S/C15H17FN2O3/c16-11-3-1-2-4-12(11)17-13(19)8-18-6-5-10-7-15(10,9-18)14(20)21/h1-4,10H,5-9H2,(H,17,19)(H,20,21). The molecule has 1 saturated heterocycles. The SMILES string of the molecule is O=C(CN1CCC2CC2(C(=O)O)C1)Nc1ccccc1F. The maximum atomic E-state index is 13.5. The first-order valence-electron chi connectivity index (χ1n) is 7.01. The zero-order chi connectivity index (χ0) is 15.0. The fourth-order valence-electron chi connectivity index (χ4n) is 3.19. The van der Waals surface area contributed by atoms with E-state index in [1.807, 2.05) is 4.90 Å². The zero-order valence-electron chi connectivity index (χ0n) is 11.5. The topological polar surface area (TPSA) is 69.6 Å². The van der Waals surface area contributed by atoms with Crippen LogP contribution in [0.1, 0.15) is 12.8 Å². The molecule has 0 spiro atoms. The molecule has 2 aliphatic rings. The largest absolute Gasteiger partial charge is 0.481 e. The number of anilines is 1. The Morgan fingerprint density at radius 1 is 1.43 bits per heavy atom. The molecule has 1 aromatic rings. The number of halogens is 1.